The van der Waals surface area contributed by atoms with E-state index < -0.39 is 0 Å². The normalized spacial score (nSPS) is 10.8. The van der Waals surface area contributed by atoms with E-state index in [9.17, 15) is 4.79 Å². The van der Waals surface area contributed by atoms with Crippen LogP contribution in [0.1, 0.15) is 11.8 Å². The summed E-state index contributed by atoms with van der Waals surface area (Å²) in [6.45, 7) is 6.50. The number of amides is 1. The quantitative estimate of drug-likeness (QED) is 0.346. The molecule has 5 nitrogen and oxygen atoms in total. The third kappa shape index (κ3) is 5.17. The highest BCUT2D eigenvalue weighted by atomic mass is 35.5. The fourth-order valence-corrected chi connectivity index (χ4v) is 4.63. The Morgan fingerprint density at radius 2 is 2.04 bits per heavy atom. The number of aryl methyl sites for hydroxylation is 1. The Morgan fingerprint density at radius 1 is 1.29 bits per heavy atom. The van der Waals surface area contributed by atoms with Gasteiger partial charge in [0, 0.05) is 38.1 Å². The summed E-state index contributed by atoms with van der Waals surface area (Å²) in [5, 5.41) is 15.0. The zero-order valence-corrected chi connectivity index (χ0v) is 18.3. The van der Waals surface area contributed by atoms with Gasteiger partial charge in [-0.25, -0.2) is 0 Å². The van der Waals surface area contributed by atoms with Gasteiger partial charge in [-0.1, -0.05) is 48.0 Å². The zero-order chi connectivity index (χ0) is 20.1. The molecule has 0 saturated heterocycles. The largest absolute Gasteiger partial charge is 0.325 e. The van der Waals surface area contributed by atoms with Gasteiger partial charge in [0.1, 0.15) is 0 Å². The molecule has 1 N–H and O–H groups in total. The number of hydrogen-bond acceptors (Lipinski definition) is 5. The molecule has 0 aliphatic carbocycles. The third-order valence-electron chi connectivity index (χ3n) is 3.77. The Kier molecular flexibility index (Phi) is 7.18. The molecule has 1 amide bonds. The second-order valence-electron chi connectivity index (χ2n) is 5.86. The van der Waals surface area contributed by atoms with Crippen molar-refractivity contribution in [3.05, 3.63) is 57.2 Å². The van der Waals surface area contributed by atoms with Crippen molar-refractivity contribution in [3.63, 3.8) is 0 Å². The molecule has 0 aliphatic heterocycles. The summed E-state index contributed by atoms with van der Waals surface area (Å²) in [4.78, 5) is 13.6. The Bertz CT molecular complexity index is 979. The highest BCUT2D eigenvalue weighted by Gasteiger charge is 2.16. The average Bonchev–Trinajstić information content (AvgIpc) is 3.26. The van der Waals surface area contributed by atoms with Crippen LogP contribution in [-0.2, 0) is 17.8 Å². The molecule has 0 radical (unpaired) electrons. The first-order valence-electron chi connectivity index (χ1n) is 8.50. The van der Waals surface area contributed by atoms with E-state index in [4.69, 9.17) is 23.2 Å². The molecule has 3 rings (SSSR count). The van der Waals surface area contributed by atoms with Gasteiger partial charge in [-0.15, -0.1) is 28.1 Å². The number of thioether (sulfide) groups is 1. The number of rotatable bonds is 8. The molecular weight excluding hydrogens is 435 g/mol. The predicted octanol–water partition coefficient (Wildman–Crippen LogP) is 5.79. The highest BCUT2D eigenvalue weighted by Crippen LogP contribution is 2.28. The molecule has 9 heteroatoms. The molecule has 3 aromatic rings. The lowest BCUT2D eigenvalue weighted by atomic mass is 10.2. The SMILES string of the molecule is C=CCn1c(SCC(=O)Nc2cc(Cl)cc(Cl)c2)nnc1-c1csc(CC)c1. The van der Waals surface area contributed by atoms with Crippen molar-refractivity contribution in [1.82, 2.24) is 14.8 Å². The molecule has 146 valence electrons. The smallest absolute Gasteiger partial charge is 0.234 e. The lowest BCUT2D eigenvalue weighted by Gasteiger charge is -2.08. The van der Waals surface area contributed by atoms with Crippen LogP contribution in [0, 0.1) is 0 Å². The Hall–Kier alpha value is -1.80. The summed E-state index contributed by atoms with van der Waals surface area (Å²) in [6.07, 6.45) is 2.77. The number of nitrogens with zero attached hydrogens (tertiary/aromatic N) is 3. The van der Waals surface area contributed by atoms with Crippen molar-refractivity contribution in [2.75, 3.05) is 11.1 Å². The second-order valence-corrected chi connectivity index (χ2v) is 8.67. The monoisotopic (exact) mass is 452 g/mol. The zero-order valence-electron chi connectivity index (χ0n) is 15.1. The van der Waals surface area contributed by atoms with E-state index >= 15 is 0 Å². The maximum absolute atomic E-state index is 12.3. The summed E-state index contributed by atoms with van der Waals surface area (Å²) in [7, 11) is 0. The van der Waals surface area contributed by atoms with Crippen molar-refractivity contribution >= 4 is 57.9 Å². The van der Waals surface area contributed by atoms with Gasteiger partial charge in [-0.2, -0.15) is 0 Å². The van der Waals surface area contributed by atoms with Gasteiger partial charge < -0.3 is 5.32 Å². The predicted molar refractivity (Wildman–Crippen MR) is 119 cm³/mol. The standard InChI is InChI=1S/C19H18Cl2N4OS2/c1-3-5-25-18(12-6-16(4-2)27-10-12)23-24-19(25)28-11-17(26)22-15-8-13(20)7-14(21)9-15/h3,6-10H,1,4-5,11H2,2H3,(H,22,26). The van der Waals surface area contributed by atoms with Crippen LogP contribution < -0.4 is 5.32 Å². The van der Waals surface area contributed by atoms with Crippen LogP contribution in [-0.4, -0.2) is 26.4 Å². The molecule has 2 heterocycles. The molecular formula is C19H18Cl2N4OS2. The molecule has 0 bridgehead atoms. The minimum absolute atomic E-state index is 0.179. The Morgan fingerprint density at radius 3 is 2.68 bits per heavy atom. The molecule has 0 aliphatic rings. The molecule has 28 heavy (non-hydrogen) atoms. The van der Waals surface area contributed by atoms with Crippen LogP contribution in [0.5, 0.6) is 0 Å². The fraction of sp³-hybridized carbons (Fsp3) is 0.211. The number of anilines is 1. The first-order chi connectivity index (χ1) is 13.5. The van der Waals surface area contributed by atoms with Gasteiger partial charge in [-0.05, 0) is 30.7 Å². The van der Waals surface area contributed by atoms with Gasteiger partial charge in [0.05, 0.1) is 5.75 Å². The van der Waals surface area contributed by atoms with Crippen molar-refractivity contribution in [2.24, 2.45) is 0 Å². The van der Waals surface area contributed by atoms with Crippen molar-refractivity contribution in [1.29, 1.82) is 0 Å². The van der Waals surface area contributed by atoms with Crippen LogP contribution in [0.4, 0.5) is 5.69 Å². The number of halogens is 2. The van der Waals surface area contributed by atoms with Gasteiger partial charge in [0.2, 0.25) is 5.91 Å². The van der Waals surface area contributed by atoms with Crippen LogP contribution >= 0.6 is 46.3 Å². The lowest BCUT2D eigenvalue weighted by Crippen LogP contribution is -2.14. The first-order valence-corrected chi connectivity index (χ1v) is 11.1. The highest BCUT2D eigenvalue weighted by molar-refractivity contribution is 7.99. The van der Waals surface area contributed by atoms with Gasteiger partial charge >= 0.3 is 0 Å². The topological polar surface area (TPSA) is 59.8 Å². The number of carbonyl (C=O) groups excluding carboxylic acids is 1. The van der Waals surface area contributed by atoms with E-state index in [2.05, 4.69) is 40.5 Å². The fourth-order valence-electron chi connectivity index (χ4n) is 2.54. The van der Waals surface area contributed by atoms with E-state index in [0.717, 1.165) is 17.8 Å². The maximum atomic E-state index is 12.3. The van der Waals surface area contributed by atoms with E-state index in [0.29, 0.717) is 27.4 Å². The minimum atomic E-state index is -0.179. The first kappa shape index (κ1) is 20.9. The van der Waals surface area contributed by atoms with Gasteiger partial charge in [-0.3, -0.25) is 9.36 Å². The van der Waals surface area contributed by atoms with Gasteiger partial charge in [0.25, 0.3) is 0 Å². The summed E-state index contributed by atoms with van der Waals surface area (Å²) < 4.78 is 1.96. The summed E-state index contributed by atoms with van der Waals surface area (Å²) >= 11 is 14.9. The van der Waals surface area contributed by atoms with E-state index in [1.165, 1.54) is 16.6 Å². The Balaban J connectivity index is 1.71. The van der Waals surface area contributed by atoms with Crippen molar-refractivity contribution < 1.29 is 4.79 Å². The average molecular weight is 453 g/mol. The summed E-state index contributed by atoms with van der Waals surface area (Å²) in [6, 6.07) is 7.03. The van der Waals surface area contributed by atoms with Crippen LogP contribution in [0.25, 0.3) is 11.4 Å². The van der Waals surface area contributed by atoms with Crippen molar-refractivity contribution in [2.45, 2.75) is 25.0 Å². The van der Waals surface area contributed by atoms with E-state index in [-0.39, 0.29) is 11.7 Å². The van der Waals surface area contributed by atoms with Crippen LogP contribution in [0.3, 0.4) is 0 Å². The third-order valence-corrected chi connectivity index (χ3v) is 6.25. The lowest BCUT2D eigenvalue weighted by molar-refractivity contribution is -0.113. The Labute approximate surface area is 181 Å². The minimum Gasteiger partial charge on any atom is -0.325 e. The number of hydrogen-bond donors (Lipinski definition) is 1. The molecule has 1 aromatic carbocycles. The van der Waals surface area contributed by atoms with E-state index in [1.54, 1.807) is 35.6 Å². The number of aromatic nitrogens is 3. The summed E-state index contributed by atoms with van der Waals surface area (Å²) in [5.41, 5.74) is 1.59. The second kappa shape index (κ2) is 9.60. The number of benzene rings is 1. The molecule has 2 aromatic heterocycles. The maximum Gasteiger partial charge on any atom is 0.234 e. The van der Waals surface area contributed by atoms with Gasteiger partial charge in [0.15, 0.2) is 11.0 Å². The van der Waals surface area contributed by atoms with Crippen LogP contribution in [0.15, 0.2) is 47.5 Å². The number of nitrogens with one attached hydrogen (secondary N) is 1. The molecule has 0 atom stereocenters. The summed E-state index contributed by atoms with van der Waals surface area (Å²) in [5.74, 6) is 0.783. The van der Waals surface area contributed by atoms with E-state index in [1.807, 2.05) is 4.57 Å². The molecule has 0 spiro atoms. The molecule has 0 saturated carbocycles. The molecule has 0 fully saturated rings. The number of allylic oxidation sites excluding steroid dienone is 1. The van der Waals surface area contributed by atoms with Crippen molar-refractivity contribution in [3.8, 4) is 11.4 Å². The molecule has 0 unspecified atom stereocenters. The number of carbonyl (C=O) groups is 1. The number of thiophene rings is 1. The van der Waals surface area contributed by atoms with Crippen LogP contribution in [0.2, 0.25) is 10.0 Å².